The van der Waals surface area contributed by atoms with Crippen LogP contribution >= 0.6 is 0 Å². The molecule has 0 bridgehead atoms. The van der Waals surface area contributed by atoms with Crippen LogP contribution in [0.15, 0.2) is 48.7 Å². The third-order valence-electron chi connectivity index (χ3n) is 8.12. The summed E-state index contributed by atoms with van der Waals surface area (Å²) in [5.74, 6) is 0.428. The number of ether oxygens (including phenoxy) is 2. The molecule has 4 heterocycles. The second kappa shape index (κ2) is 10.3. The standard InChI is InChI=1S/C30H31F3N4O3/c1-2-39-28-20(5-4-14-34-28)22-11-10-21-26(36-22)27(38)35-18-29(21)12-15-37(16-13-29)23-6-3-7-24(25(23)30(31,32)33)40-17-19-8-9-19/h3-7,10-11,14,19H,2,8-9,12-13,15-18H2,1H3,(H,35,38). The summed E-state index contributed by atoms with van der Waals surface area (Å²) in [7, 11) is 0. The van der Waals surface area contributed by atoms with Gasteiger partial charge in [0.1, 0.15) is 17.0 Å². The second-order valence-corrected chi connectivity index (χ2v) is 10.7. The number of fused-ring (bicyclic) bond motifs is 2. The Morgan fingerprint density at radius 3 is 2.60 bits per heavy atom. The molecule has 0 unspecified atom stereocenters. The van der Waals surface area contributed by atoms with Crippen molar-refractivity contribution in [3.8, 4) is 22.9 Å². The van der Waals surface area contributed by atoms with E-state index in [0.717, 1.165) is 18.4 Å². The number of anilines is 1. The third kappa shape index (κ3) is 4.95. The van der Waals surface area contributed by atoms with Gasteiger partial charge in [0, 0.05) is 31.2 Å². The molecule has 2 aliphatic heterocycles. The summed E-state index contributed by atoms with van der Waals surface area (Å²) in [6.45, 7) is 3.86. The van der Waals surface area contributed by atoms with Crippen molar-refractivity contribution in [3.63, 3.8) is 0 Å². The summed E-state index contributed by atoms with van der Waals surface area (Å²) in [5.41, 5.74) is 1.47. The molecule has 1 aromatic carbocycles. The summed E-state index contributed by atoms with van der Waals surface area (Å²) in [6, 6.07) is 12.0. The van der Waals surface area contributed by atoms with E-state index in [-0.39, 0.29) is 17.3 Å². The smallest absolute Gasteiger partial charge is 0.421 e. The van der Waals surface area contributed by atoms with Gasteiger partial charge in [-0.25, -0.2) is 9.97 Å². The predicted octanol–water partition coefficient (Wildman–Crippen LogP) is 5.63. The Morgan fingerprint density at radius 2 is 1.88 bits per heavy atom. The number of aromatic nitrogens is 2. The average Bonchev–Trinajstić information content (AvgIpc) is 3.79. The van der Waals surface area contributed by atoms with Crippen LogP contribution in [0.3, 0.4) is 0 Å². The van der Waals surface area contributed by atoms with E-state index in [0.29, 0.717) is 74.4 Å². The highest BCUT2D eigenvalue weighted by molar-refractivity contribution is 5.96. The van der Waals surface area contributed by atoms with Crippen molar-refractivity contribution in [2.45, 2.75) is 44.2 Å². The van der Waals surface area contributed by atoms with Gasteiger partial charge in [-0.2, -0.15) is 13.2 Å². The van der Waals surface area contributed by atoms with Crippen LogP contribution in [0.1, 0.15) is 54.2 Å². The molecule has 3 aromatic rings. The van der Waals surface area contributed by atoms with Crippen LogP contribution < -0.4 is 19.7 Å². The number of amides is 1. The molecule has 2 fully saturated rings. The van der Waals surface area contributed by atoms with Gasteiger partial charge in [0.05, 0.1) is 30.2 Å². The molecule has 1 spiro atoms. The monoisotopic (exact) mass is 552 g/mol. The summed E-state index contributed by atoms with van der Waals surface area (Å²) >= 11 is 0. The van der Waals surface area contributed by atoms with E-state index in [1.807, 2.05) is 25.1 Å². The first-order valence-corrected chi connectivity index (χ1v) is 13.7. The van der Waals surface area contributed by atoms with Crippen molar-refractivity contribution in [1.29, 1.82) is 0 Å². The number of carbonyl (C=O) groups excluding carboxylic acids is 1. The molecule has 10 heteroatoms. The van der Waals surface area contributed by atoms with Crippen LogP contribution in [-0.2, 0) is 11.6 Å². The number of carbonyl (C=O) groups is 1. The normalized spacial score (nSPS) is 18.3. The van der Waals surface area contributed by atoms with Crippen molar-refractivity contribution in [1.82, 2.24) is 15.3 Å². The quantitative estimate of drug-likeness (QED) is 0.410. The maximum Gasteiger partial charge on any atom is 0.421 e. The lowest BCUT2D eigenvalue weighted by Crippen LogP contribution is -2.53. The van der Waals surface area contributed by atoms with Crippen LogP contribution in [-0.4, -0.2) is 48.7 Å². The number of pyridine rings is 2. The molecule has 40 heavy (non-hydrogen) atoms. The molecule has 1 amide bonds. The minimum absolute atomic E-state index is 0.106. The van der Waals surface area contributed by atoms with Gasteiger partial charge in [-0.05, 0) is 74.4 Å². The second-order valence-electron chi connectivity index (χ2n) is 10.7. The number of piperidine rings is 1. The fourth-order valence-corrected chi connectivity index (χ4v) is 5.78. The Kier molecular flexibility index (Phi) is 6.80. The van der Waals surface area contributed by atoms with E-state index in [9.17, 15) is 18.0 Å². The molecule has 210 valence electrons. The first kappa shape index (κ1) is 26.4. The van der Waals surface area contributed by atoms with Crippen molar-refractivity contribution < 1.29 is 27.4 Å². The molecule has 0 radical (unpaired) electrons. The zero-order valence-electron chi connectivity index (χ0n) is 22.3. The molecular weight excluding hydrogens is 521 g/mol. The minimum atomic E-state index is -4.54. The lowest BCUT2D eigenvalue weighted by molar-refractivity contribution is -0.138. The third-order valence-corrected chi connectivity index (χ3v) is 8.12. The topological polar surface area (TPSA) is 76.6 Å². The largest absolute Gasteiger partial charge is 0.493 e. The molecule has 7 nitrogen and oxygen atoms in total. The van der Waals surface area contributed by atoms with E-state index in [1.54, 1.807) is 23.2 Å². The fraction of sp³-hybridized carbons (Fsp3) is 0.433. The van der Waals surface area contributed by atoms with Crippen molar-refractivity contribution in [2.24, 2.45) is 5.92 Å². The Morgan fingerprint density at radius 1 is 1.07 bits per heavy atom. The Hall–Kier alpha value is -3.82. The van der Waals surface area contributed by atoms with Gasteiger partial charge < -0.3 is 19.7 Å². The van der Waals surface area contributed by atoms with Crippen LogP contribution in [0.25, 0.3) is 11.3 Å². The van der Waals surface area contributed by atoms with E-state index in [1.165, 1.54) is 12.1 Å². The summed E-state index contributed by atoms with van der Waals surface area (Å²) in [4.78, 5) is 23.7. The molecular formula is C30H31F3N4O3. The highest BCUT2D eigenvalue weighted by Gasteiger charge is 2.45. The zero-order chi connectivity index (χ0) is 27.9. The highest BCUT2D eigenvalue weighted by Crippen LogP contribution is 2.46. The zero-order valence-corrected chi connectivity index (χ0v) is 22.3. The number of rotatable bonds is 7. The maximum absolute atomic E-state index is 14.3. The van der Waals surface area contributed by atoms with Gasteiger partial charge in [0.15, 0.2) is 0 Å². The molecule has 1 N–H and O–H groups in total. The van der Waals surface area contributed by atoms with E-state index in [2.05, 4.69) is 10.3 Å². The maximum atomic E-state index is 14.3. The van der Waals surface area contributed by atoms with E-state index < -0.39 is 17.2 Å². The van der Waals surface area contributed by atoms with Gasteiger partial charge in [0.2, 0.25) is 5.88 Å². The highest BCUT2D eigenvalue weighted by atomic mass is 19.4. The van der Waals surface area contributed by atoms with Crippen LogP contribution in [0.5, 0.6) is 11.6 Å². The molecule has 3 aliphatic rings. The van der Waals surface area contributed by atoms with Crippen molar-refractivity contribution in [2.75, 3.05) is 37.7 Å². The number of hydrogen-bond acceptors (Lipinski definition) is 6. The molecule has 6 rings (SSSR count). The number of benzene rings is 1. The first-order chi connectivity index (χ1) is 19.3. The Bertz CT molecular complexity index is 1420. The van der Waals surface area contributed by atoms with Gasteiger partial charge in [0.25, 0.3) is 5.91 Å². The molecule has 1 saturated heterocycles. The fourth-order valence-electron chi connectivity index (χ4n) is 5.78. The SMILES string of the molecule is CCOc1ncccc1-c1ccc2c(n1)C(=O)NCC21CCN(c2cccc(OCC3CC3)c2C(F)(F)F)CC1. The van der Waals surface area contributed by atoms with Crippen molar-refractivity contribution >= 4 is 11.6 Å². The van der Waals surface area contributed by atoms with Gasteiger partial charge >= 0.3 is 6.18 Å². The molecule has 0 atom stereocenters. The lowest BCUT2D eigenvalue weighted by Gasteiger charge is -2.45. The van der Waals surface area contributed by atoms with Crippen molar-refractivity contribution in [3.05, 3.63) is 65.5 Å². The molecule has 2 aromatic heterocycles. The summed E-state index contributed by atoms with van der Waals surface area (Å²) in [6.07, 6.45) is 0.245. The molecule has 1 aliphatic carbocycles. The van der Waals surface area contributed by atoms with Gasteiger partial charge in [-0.3, -0.25) is 4.79 Å². The van der Waals surface area contributed by atoms with Crippen LogP contribution in [0.4, 0.5) is 18.9 Å². The summed E-state index contributed by atoms with van der Waals surface area (Å²) in [5, 5.41) is 2.98. The molecule has 1 saturated carbocycles. The number of nitrogens with zero attached hydrogens (tertiary/aromatic N) is 3. The van der Waals surface area contributed by atoms with Crippen LogP contribution in [0.2, 0.25) is 0 Å². The number of alkyl halides is 3. The van der Waals surface area contributed by atoms with Gasteiger partial charge in [-0.15, -0.1) is 0 Å². The predicted molar refractivity (Wildman–Crippen MR) is 144 cm³/mol. The Labute approximate surface area is 230 Å². The average molecular weight is 553 g/mol. The van der Waals surface area contributed by atoms with E-state index in [4.69, 9.17) is 14.5 Å². The van der Waals surface area contributed by atoms with Crippen LogP contribution in [0, 0.1) is 5.92 Å². The number of nitrogens with one attached hydrogen (secondary N) is 1. The lowest BCUT2D eigenvalue weighted by atomic mass is 9.70. The number of halogens is 3. The minimum Gasteiger partial charge on any atom is -0.493 e. The Balaban J connectivity index is 1.28. The first-order valence-electron chi connectivity index (χ1n) is 13.7. The summed E-state index contributed by atoms with van der Waals surface area (Å²) < 4.78 is 54.1. The number of hydrogen-bond donors (Lipinski definition) is 1. The van der Waals surface area contributed by atoms with E-state index >= 15 is 0 Å². The van der Waals surface area contributed by atoms with Gasteiger partial charge in [-0.1, -0.05) is 12.1 Å².